The van der Waals surface area contributed by atoms with Gasteiger partial charge in [0.15, 0.2) is 16.9 Å². The molecular formula is C15H14O4. The summed E-state index contributed by atoms with van der Waals surface area (Å²) in [6.45, 7) is 0. The van der Waals surface area contributed by atoms with Crippen molar-refractivity contribution in [1.29, 1.82) is 0 Å². The number of aryl methyl sites for hydroxylation is 1. The van der Waals surface area contributed by atoms with Crippen LogP contribution in [0.2, 0.25) is 0 Å². The van der Waals surface area contributed by atoms with Gasteiger partial charge in [0.1, 0.15) is 5.58 Å². The largest absolute Gasteiger partial charge is 0.504 e. The van der Waals surface area contributed by atoms with Crippen LogP contribution in [0.4, 0.5) is 0 Å². The topological polar surface area (TPSA) is 59.7 Å². The van der Waals surface area contributed by atoms with E-state index in [1.54, 1.807) is 0 Å². The van der Waals surface area contributed by atoms with E-state index in [0.717, 1.165) is 6.42 Å². The van der Waals surface area contributed by atoms with Crippen molar-refractivity contribution in [2.75, 3.05) is 7.11 Å². The minimum atomic E-state index is -0.114. The fourth-order valence-corrected chi connectivity index (χ4v) is 1.90. The second-order valence-electron chi connectivity index (χ2n) is 4.17. The summed E-state index contributed by atoms with van der Waals surface area (Å²) in [5.74, 6) is 2.73. The average molecular weight is 258 g/mol. The van der Waals surface area contributed by atoms with Gasteiger partial charge in [-0.15, -0.1) is 12.3 Å². The van der Waals surface area contributed by atoms with Crippen LogP contribution in [-0.4, -0.2) is 12.2 Å². The van der Waals surface area contributed by atoms with Crippen LogP contribution in [0.1, 0.15) is 18.4 Å². The summed E-state index contributed by atoms with van der Waals surface area (Å²) in [6.07, 6.45) is 8.54. The molecule has 98 valence electrons. The molecule has 2 aromatic rings. The lowest BCUT2D eigenvalue weighted by Crippen LogP contribution is -2.08. The normalized spacial score (nSPS) is 10.3. The van der Waals surface area contributed by atoms with Crippen LogP contribution in [0.5, 0.6) is 11.5 Å². The first-order valence-corrected chi connectivity index (χ1v) is 5.92. The Balaban J connectivity index is 2.49. The maximum absolute atomic E-state index is 12.3. The summed E-state index contributed by atoms with van der Waals surface area (Å²) in [5, 5.41) is 10.0. The molecule has 1 aromatic carbocycles. The van der Waals surface area contributed by atoms with Crippen molar-refractivity contribution in [3.05, 3.63) is 34.2 Å². The Morgan fingerprint density at radius 3 is 2.95 bits per heavy atom. The Kier molecular flexibility index (Phi) is 3.76. The predicted molar refractivity (Wildman–Crippen MR) is 72.5 cm³/mol. The lowest BCUT2D eigenvalue weighted by Gasteiger charge is -2.06. The Morgan fingerprint density at radius 2 is 2.26 bits per heavy atom. The zero-order valence-electron chi connectivity index (χ0n) is 10.6. The standard InChI is InChI=1S/C15H14O4/c1-3-4-5-6-10-9-19-13-8-12(16)14(18-2)7-11(13)15(10)17/h1,7-9,16H,4-6H2,2H3. The van der Waals surface area contributed by atoms with Gasteiger partial charge in [0.05, 0.1) is 18.8 Å². The van der Waals surface area contributed by atoms with E-state index in [1.807, 2.05) is 0 Å². The van der Waals surface area contributed by atoms with E-state index in [1.165, 1.54) is 25.5 Å². The molecule has 2 rings (SSSR count). The maximum Gasteiger partial charge on any atom is 0.195 e. The molecular weight excluding hydrogens is 244 g/mol. The Morgan fingerprint density at radius 1 is 1.47 bits per heavy atom. The summed E-state index contributed by atoms with van der Waals surface area (Å²) in [4.78, 5) is 12.3. The van der Waals surface area contributed by atoms with Crippen LogP contribution in [0.3, 0.4) is 0 Å². The zero-order chi connectivity index (χ0) is 13.8. The number of phenolic OH excluding ortho intramolecular Hbond substituents is 1. The molecule has 0 aliphatic rings. The Labute approximate surface area is 110 Å². The first-order chi connectivity index (χ1) is 9.17. The zero-order valence-corrected chi connectivity index (χ0v) is 10.6. The van der Waals surface area contributed by atoms with Gasteiger partial charge in [-0.3, -0.25) is 4.79 Å². The number of terminal acetylenes is 1. The number of fused-ring (bicyclic) bond motifs is 1. The first kappa shape index (κ1) is 13.0. The van der Waals surface area contributed by atoms with Gasteiger partial charge in [0.2, 0.25) is 0 Å². The molecule has 4 nitrogen and oxygen atoms in total. The minimum Gasteiger partial charge on any atom is -0.504 e. The highest BCUT2D eigenvalue weighted by atomic mass is 16.5. The number of methoxy groups -OCH3 is 1. The van der Waals surface area contributed by atoms with Crippen molar-refractivity contribution in [3.63, 3.8) is 0 Å². The number of aromatic hydroxyl groups is 1. The van der Waals surface area contributed by atoms with Crippen LogP contribution >= 0.6 is 0 Å². The molecule has 1 heterocycles. The molecule has 0 amide bonds. The van der Waals surface area contributed by atoms with Crippen LogP contribution in [0.15, 0.2) is 27.6 Å². The second-order valence-corrected chi connectivity index (χ2v) is 4.17. The van der Waals surface area contributed by atoms with Gasteiger partial charge in [-0.1, -0.05) is 0 Å². The SMILES string of the molecule is C#CCCCc1coc2cc(O)c(OC)cc2c1=O. The number of phenols is 1. The lowest BCUT2D eigenvalue weighted by molar-refractivity contribution is 0.373. The number of hydrogen-bond donors (Lipinski definition) is 1. The number of rotatable bonds is 4. The average Bonchev–Trinajstić information content (AvgIpc) is 2.41. The van der Waals surface area contributed by atoms with Gasteiger partial charge in [0.25, 0.3) is 0 Å². The summed E-state index contributed by atoms with van der Waals surface area (Å²) in [5.41, 5.74) is 0.802. The quantitative estimate of drug-likeness (QED) is 0.676. The van der Waals surface area contributed by atoms with Gasteiger partial charge >= 0.3 is 0 Å². The molecule has 0 spiro atoms. The molecule has 0 bridgehead atoms. The number of ether oxygens (including phenoxy) is 1. The summed E-state index contributed by atoms with van der Waals surface area (Å²) in [7, 11) is 1.43. The summed E-state index contributed by atoms with van der Waals surface area (Å²) in [6, 6.07) is 2.86. The molecule has 0 fully saturated rings. The molecule has 0 aliphatic carbocycles. The van der Waals surface area contributed by atoms with Crippen LogP contribution in [-0.2, 0) is 6.42 Å². The fourth-order valence-electron chi connectivity index (χ4n) is 1.90. The second kappa shape index (κ2) is 5.49. The maximum atomic E-state index is 12.3. The molecule has 0 aliphatic heterocycles. The molecule has 1 N–H and O–H groups in total. The van der Waals surface area contributed by atoms with Gasteiger partial charge in [-0.2, -0.15) is 0 Å². The summed E-state index contributed by atoms with van der Waals surface area (Å²) < 4.78 is 10.4. The molecule has 0 atom stereocenters. The van der Waals surface area contributed by atoms with Crippen LogP contribution in [0, 0.1) is 12.3 Å². The van der Waals surface area contributed by atoms with Crippen LogP contribution in [0.25, 0.3) is 11.0 Å². The number of benzene rings is 1. The highest BCUT2D eigenvalue weighted by Crippen LogP contribution is 2.29. The Bertz CT molecular complexity index is 692. The predicted octanol–water partition coefficient (Wildman–Crippen LogP) is 2.46. The van der Waals surface area contributed by atoms with E-state index in [0.29, 0.717) is 29.4 Å². The van der Waals surface area contributed by atoms with E-state index < -0.39 is 0 Å². The molecule has 0 radical (unpaired) electrons. The van der Waals surface area contributed by atoms with E-state index >= 15 is 0 Å². The molecule has 1 aromatic heterocycles. The van der Waals surface area contributed by atoms with Crippen molar-refractivity contribution in [3.8, 4) is 23.8 Å². The van der Waals surface area contributed by atoms with E-state index in [2.05, 4.69) is 5.92 Å². The smallest absolute Gasteiger partial charge is 0.195 e. The van der Waals surface area contributed by atoms with E-state index in [4.69, 9.17) is 15.6 Å². The van der Waals surface area contributed by atoms with Gasteiger partial charge in [-0.25, -0.2) is 0 Å². The monoisotopic (exact) mass is 258 g/mol. The third-order valence-corrected chi connectivity index (χ3v) is 2.91. The van der Waals surface area contributed by atoms with E-state index in [-0.39, 0.29) is 16.9 Å². The Hall–Kier alpha value is -2.41. The first-order valence-electron chi connectivity index (χ1n) is 5.92. The molecule has 0 saturated carbocycles. The molecule has 4 heteroatoms. The molecule has 0 saturated heterocycles. The third-order valence-electron chi connectivity index (χ3n) is 2.91. The van der Waals surface area contributed by atoms with Gasteiger partial charge < -0.3 is 14.3 Å². The van der Waals surface area contributed by atoms with Gasteiger partial charge in [-0.05, 0) is 18.9 Å². The van der Waals surface area contributed by atoms with Crippen molar-refractivity contribution < 1.29 is 14.3 Å². The van der Waals surface area contributed by atoms with E-state index in [9.17, 15) is 9.90 Å². The van der Waals surface area contributed by atoms with Crippen molar-refractivity contribution in [1.82, 2.24) is 0 Å². The lowest BCUT2D eigenvalue weighted by atomic mass is 10.1. The molecule has 19 heavy (non-hydrogen) atoms. The fraction of sp³-hybridized carbons (Fsp3) is 0.267. The van der Waals surface area contributed by atoms with Crippen molar-refractivity contribution in [2.45, 2.75) is 19.3 Å². The third kappa shape index (κ3) is 2.55. The minimum absolute atomic E-state index is 0.0572. The highest BCUT2D eigenvalue weighted by molar-refractivity contribution is 5.81. The number of hydrogen-bond acceptors (Lipinski definition) is 4. The number of unbranched alkanes of at least 4 members (excludes halogenated alkanes) is 1. The highest BCUT2D eigenvalue weighted by Gasteiger charge is 2.11. The molecule has 0 unspecified atom stereocenters. The van der Waals surface area contributed by atoms with Crippen molar-refractivity contribution >= 4 is 11.0 Å². The van der Waals surface area contributed by atoms with Crippen molar-refractivity contribution in [2.24, 2.45) is 0 Å². The van der Waals surface area contributed by atoms with Crippen LogP contribution < -0.4 is 10.2 Å². The summed E-state index contributed by atoms with van der Waals surface area (Å²) >= 11 is 0. The van der Waals surface area contributed by atoms with Gasteiger partial charge in [0, 0.05) is 18.1 Å².